The number of ether oxygens (including phenoxy) is 2. The number of nitrogens with one attached hydrogen (secondary N) is 3. The van der Waals surface area contributed by atoms with Gasteiger partial charge >= 0.3 is 6.09 Å². The molecule has 3 fully saturated rings. The fraction of sp³-hybridized carbons (Fsp3) is 0.474. The molecule has 0 bridgehead atoms. The van der Waals surface area contributed by atoms with E-state index in [0.717, 1.165) is 37.8 Å². The number of rotatable bonds is 10. The normalized spacial score (nSPS) is 19.6. The smallest absolute Gasteiger partial charge is 0.406 e. The van der Waals surface area contributed by atoms with Gasteiger partial charge < -0.3 is 25.4 Å². The molecule has 2 atom stereocenters. The van der Waals surface area contributed by atoms with Gasteiger partial charge in [0.15, 0.2) is 0 Å². The molecule has 13 heteroatoms. The highest BCUT2D eigenvalue weighted by atomic mass is 32.2. The number of alkyl carbamates (subject to hydrolysis) is 1. The summed E-state index contributed by atoms with van der Waals surface area (Å²) in [6.45, 7) is 2.89. The van der Waals surface area contributed by atoms with Gasteiger partial charge in [-0.3, -0.25) is 4.79 Å². The Kier molecular flexibility index (Phi) is 13.2. The molecule has 0 aromatic heterocycles. The number of hydrogen-bond acceptors (Lipinski definition) is 7. The average Bonchev–Trinajstić information content (AvgIpc) is 3.95. The van der Waals surface area contributed by atoms with Gasteiger partial charge in [-0.2, -0.15) is 4.31 Å². The van der Waals surface area contributed by atoms with Crippen molar-refractivity contribution >= 4 is 27.7 Å². The van der Waals surface area contributed by atoms with Gasteiger partial charge in [-0.1, -0.05) is 36.4 Å². The number of carbonyl (C=O) groups is 2. The van der Waals surface area contributed by atoms with Crippen LogP contribution in [0.5, 0.6) is 0 Å². The van der Waals surface area contributed by atoms with Crippen LogP contribution >= 0.6 is 0 Å². The molecule has 3 N–H and O–H groups in total. The Morgan fingerprint density at radius 3 is 2.35 bits per heavy atom. The molecule has 2 unspecified atom stereocenters. The summed E-state index contributed by atoms with van der Waals surface area (Å²) in [5.41, 5.74) is 1.59. The number of sulfonamides is 1. The van der Waals surface area contributed by atoms with E-state index in [1.165, 1.54) is 32.4 Å². The Morgan fingerprint density at radius 1 is 1.02 bits per heavy atom. The lowest BCUT2D eigenvalue weighted by molar-refractivity contribution is -0.117. The van der Waals surface area contributed by atoms with E-state index in [2.05, 4.69) is 20.7 Å². The van der Waals surface area contributed by atoms with Crippen LogP contribution in [-0.4, -0.2) is 77.8 Å². The topological polar surface area (TPSA) is 126 Å². The molecule has 3 aliphatic rings. The molecule has 2 aliphatic heterocycles. The SMILES string of the molecule is CNC(=O)OC.O=C(CC(c1ccc(F)cc1)C1CCOCC1)Nc1cccc(F)c1CCC1CNCC2(CC2)CN1S(=O)(=O)c1ccccc1. The van der Waals surface area contributed by atoms with Crippen LogP contribution in [-0.2, 0) is 30.7 Å². The first kappa shape index (κ1) is 38.3. The van der Waals surface area contributed by atoms with Crippen LogP contribution in [0.3, 0.4) is 0 Å². The second-order valence-electron chi connectivity index (χ2n) is 13.6. The van der Waals surface area contributed by atoms with E-state index in [1.807, 2.05) is 0 Å². The highest BCUT2D eigenvalue weighted by Crippen LogP contribution is 2.48. The fourth-order valence-electron chi connectivity index (χ4n) is 7.02. The molecule has 6 rings (SSSR count). The van der Waals surface area contributed by atoms with Crippen molar-refractivity contribution in [3.05, 3.63) is 95.6 Å². The van der Waals surface area contributed by atoms with Crippen molar-refractivity contribution < 1.29 is 36.3 Å². The maximum atomic E-state index is 15.4. The first-order valence-electron chi connectivity index (χ1n) is 17.5. The minimum absolute atomic E-state index is 0.0563. The van der Waals surface area contributed by atoms with Crippen LogP contribution in [0.25, 0.3) is 0 Å². The Bertz CT molecular complexity index is 1710. The molecule has 3 aromatic rings. The second-order valence-corrected chi connectivity index (χ2v) is 15.4. The van der Waals surface area contributed by atoms with Gasteiger partial charge in [-0.25, -0.2) is 22.0 Å². The van der Waals surface area contributed by atoms with Gasteiger partial charge in [-0.15, -0.1) is 0 Å². The number of amides is 2. The first-order valence-corrected chi connectivity index (χ1v) is 18.9. The van der Waals surface area contributed by atoms with Gasteiger partial charge in [0.25, 0.3) is 0 Å². The Labute approximate surface area is 299 Å². The molecule has 3 aromatic carbocycles. The van der Waals surface area contributed by atoms with Crippen LogP contribution in [0.4, 0.5) is 19.3 Å². The monoisotopic (exact) mass is 726 g/mol. The van der Waals surface area contributed by atoms with Gasteiger partial charge in [-0.05, 0) is 97.7 Å². The van der Waals surface area contributed by atoms with Crippen LogP contribution in [0.15, 0.2) is 77.7 Å². The largest absolute Gasteiger partial charge is 0.453 e. The third kappa shape index (κ3) is 10.1. The first-order chi connectivity index (χ1) is 24.5. The number of anilines is 1. The van der Waals surface area contributed by atoms with Crippen molar-refractivity contribution in [3.63, 3.8) is 0 Å². The summed E-state index contributed by atoms with van der Waals surface area (Å²) in [5, 5.41) is 8.69. The predicted octanol–water partition coefficient (Wildman–Crippen LogP) is 5.85. The lowest BCUT2D eigenvalue weighted by atomic mass is 9.79. The number of methoxy groups -OCH3 is 1. The van der Waals surface area contributed by atoms with E-state index in [1.54, 1.807) is 58.9 Å². The molecule has 276 valence electrons. The summed E-state index contributed by atoms with van der Waals surface area (Å²) in [6.07, 6.45) is 3.97. The summed E-state index contributed by atoms with van der Waals surface area (Å²) in [4.78, 5) is 23.6. The minimum Gasteiger partial charge on any atom is -0.453 e. The molecule has 2 amide bonds. The van der Waals surface area contributed by atoms with Crippen LogP contribution in [0, 0.1) is 23.0 Å². The Hall–Kier alpha value is -3.91. The van der Waals surface area contributed by atoms with Crippen LogP contribution in [0.1, 0.15) is 55.6 Å². The van der Waals surface area contributed by atoms with Crippen molar-refractivity contribution in [2.24, 2.45) is 11.3 Å². The minimum atomic E-state index is -3.77. The van der Waals surface area contributed by atoms with Crippen LogP contribution in [0.2, 0.25) is 0 Å². The molecular weight excluding hydrogens is 679 g/mol. The Balaban J connectivity index is 0.000000774. The number of nitrogens with zero attached hydrogens (tertiary/aromatic N) is 1. The number of benzene rings is 3. The van der Waals surface area contributed by atoms with E-state index in [0.29, 0.717) is 44.0 Å². The van der Waals surface area contributed by atoms with E-state index in [4.69, 9.17) is 4.74 Å². The molecule has 1 aliphatic carbocycles. The molecule has 2 saturated heterocycles. The van der Waals surface area contributed by atoms with Gasteiger partial charge in [0, 0.05) is 63.6 Å². The molecular formula is C38H48F2N4O6S. The van der Waals surface area contributed by atoms with Gasteiger partial charge in [0.05, 0.1) is 12.0 Å². The maximum Gasteiger partial charge on any atom is 0.406 e. The van der Waals surface area contributed by atoms with Crippen molar-refractivity contribution in [1.29, 1.82) is 0 Å². The molecule has 0 radical (unpaired) electrons. The van der Waals surface area contributed by atoms with Gasteiger partial charge in [0.2, 0.25) is 15.9 Å². The molecule has 1 saturated carbocycles. The van der Waals surface area contributed by atoms with Crippen LogP contribution < -0.4 is 16.0 Å². The average molecular weight is 727 g/mol. The lowest BCUT2D eigenvalue weighted by Gasteiger charge is -2.31. The van der Waals surface area contributed by atoms with E-state index >= 15 is 4.39 Å². The highest BCUT2D eigenvalue weighted by Gasteiger charge is 2.49. The highest BCUT2D eigenvalue weighted by molar-refractivity contribution is 7.89. The van der Waals surface area contributed by atoms with Crippen molar-refractivity contribution in [3.8, 4) is 0 Å². The fourth-order valence-corrected chi connectivity index (χ4v) is 8.80. The zero-order valence-corrected chi connectivity index (χ0v) is 30.0. The third-order valence-electron chi connectivity index (χ3n) is 10.1. The summed E-state index contributed by atoms with van der Waals surface area (Å²) < 4.78 is 68.1. The number of carbonyl (C=O) groups excluding carboxylic acids is 2. The van der Waals surface area contributed by atoms with Crippen molar-refractivity contribution in [2.75, 3.05) is 52.3 Å². The summed E-state index contributed by atoms with van der Waals surface area (Å²) in [6, 6.07) is 19.0. The molecule has 1 spiro atoms. The van der Waals surface area contributed by atoms with E-state index in [9.17, 15) is 22.4 Å². The van der Waals surface area contributed by atoms with E-state index in [-0.39, 0.29) is 52.8 Å². The number of halogens is 2. The zero-order chi connectivity index (χ0) is 36.4. The Morgan fingerprint density at radius 2 is 1.73 bits per heavy atom. The molecule has 2 heterocycles. The molecule has 10 nitrogen and oxygen atoms in total. The predicted molar refractivity (Wildman–Crippen MR) is 191 cm³/mol. The quantitative estimate of drug-likeness (QED) is 0.239. The van der Waals surface area contributed by atoms with Gasteiger partial charge in [0.1, 0.15) is 11.6 Å². The summed E-state index contributed by atoms with van der Waals surface area (Å²) >= 11 is 0. The van der Waals surface area contributed by atoms with Crippen molar-refractivity contribution in [1.82, 2.24) is 14.9 Å². The standard InChI is InChI=1S/C35H41F2N3O4S.C3H7NO2/c36-27-11-9-25(10-12-27)31(26-15-19-44-20-16-26)21-34(41)39-33-8-4-7-32(37)30(33)14-13-28-22-38-23-35(17-18-35)24-40(28)45(42,43)29-5-2-1-3-6-29;1-4-3(5)6-2/h1-12,26,28,31,38H,13-24H2,(H,39,41);1-2H3,(H,4,5). The zero-order valence-electron chi connectivity index (χ0n) is 29.2. The van der Waals surface area contributed by atoms with Crippen molar-refractivity contribution in [2.45, 2.75) is 61.8 Å². The lowest BCUT2D eigenvalue weighted by Crippen LogP contribution is -2.44. The second kappa shape index (κ2) is 17.5. The summed E-state index contributed by atoms with van der Waals surface area (Å²) in [7, 11) is -0.941. The molecule has 51 heavy (non-hydrogen) atoms. The summed E-state index contributed by atoms with van der Waals surface area (Å²) in [5.74, 6) is -0.940. The third-order valence-corrected chi connectivity index (χ3v) is 12.0. The van der Waals surface area contributed by atoms with E-state index < -0.39 is 21.9 Å². The maximum absolute atomic E-state index is 15.4. The number of hydrogen-bond donors (Lipinski definition) is 3.